The molecule has 0 radical (unpaired) electrons. The summed E-state index contributed by atoms with van der Waals surface area (Å²) in [5.74, 6) is 0.620. The van der Waals surface area contributed by atoms with Crippen molar-refractivity contribution in [1.82, 2.24) is 0 Å². The lowest BCUT2D eigenvalue weighted by Gasteiger charge is -2.10. The van der Waals surface area contributed by atoms with Gasteiger partial charge in [0.15, 0.2) is 5.78 Å². The van der Waals surface area contributed by atoms with Crippen LogP contribution in [0.1, 0.15) is 28.4 Å². The minimum atomic E-state index is 0.0499. The van der Waals surface area contributed by atoms with Gasteiger partial charge in [-0.15, -0.1) is 0 Å². The van der Waals surface area contributed by atoms with Crippen LogP contribution in [0.2, 0.25) is 10.0 Å². The van der Waals surface area contributed by atoms with Crippen molar-refractivity contribution in [2.45, 2.75) is 20.5 Å². The fraction of sp³-hybridized carbons (Fsp3) is 0.188. The van der Waals surface area contributed by atoms with Crippen LogP contribution in [0.5, 0.6) is 5.75 Å². The first-order valence-electron chi connectivity index (χ1n) is 6.15. The lowest BCUT2D eigenvalue weighted by atomic mass is 10.0. The number of hydrogen-bond donors (Lipinski definition) is 0. The normalized spacial score (nSPS) is 10.4. The molecule has 0 unspecified atom stereocenters. The van der Waals surface area contributed by atoms with Gasteiger partial charge >= 0.3 is 0 Å². The van der Waals surface area contributed by atoms with Crippen molar-refractivity contribution in [1.29, 1.82) is 0 Å². The van der Waals surface area contributed by atoms with Crippen molar-refractivity contribution in [3.63, 3.8) is 0 Å². The Balaban J connectivity index is 2.15. The molecule has 0 saturated heterocycles. The zero-order valence-corrected chi connectivity index (χ0v) is 12.8. The second-order valence-electron chi connectivity index (χ2n) is 4.57. The zero-order chi connectivity index (χ0) is 14.7. The first-order valence-corrected chi connectivity index (χ1v) is 6.91. The van der Waals surface area contributed by atoms with Gasteiger partial charge in [-0.2, -0.15) is 0 Å². The van der Waals surface area contributed by atoms with Crippen LogP contribution in [-0.2, 0) is 6.61 Å². The van der Waals surface area contributed by atoms with Gasteiger partial charge in [-0.25, -0.2) is 0 Å². The van der Waals surface area contributed by atoms with Gasteiger partial charge in [0.25, 0.3) is 0 Å². The fourth-order valence-corrected chi connectivity index (χ4v) is 2.35. The third-order valence-corrected chi connectivity index (χ3v) is 3.50. The molecule has 2 rings (SSSR count). The summed E-state index contributed by atoms with van der Waals surface area (Å²) in [5.41, 5.74) is 2.60. The molecule has 0 atom stereocenters. The van der Waals surface area contributed by atoms with Crippen LogP contribution in [0, 0.1) is 6.92 Å². The smallest absolute Gasteiger partial charge is 0.160 e. The molecule has 0 saturated carbocycles. The number of carbonyl (C=O) groups is 1. The van der Waals surface area contributed by atoms with E-state index in [0.29, 0.717) is 28.0 Å². The summed E-state index contributed by atoms with van der Waals surface area (Å²) in [5, 5.41) is 1.04. The van der Waals surface area contributed by atoms with Gasteiger partial charge < -0.3 is 4.74 Å². The highest BCUT2D eigenvalue weighted by atomic mass is 35.5. The first-order chi connectivity index (χ1) is 9.47. The molecule has 2 aromatic rings. The van der Waals surface area contributed by atoms with E-state index >= 15 is 0 Å². The van der Waals surface area contributed by atoms with Gasteiger partial charge in [-0.05, 0) is 49.2 Å². The molecule has 2 aromatic carbocycles. The van der Waals surface area contributed by atoms with E-state index in [0.717, 1.165) is 11.1 Å². The second-order valence-corrected chi connectivity index (χ2v) is 5.41. The molecule has 0 N–H and O–H groups in total. The van der Waals surface area contributed by atoms with Crippen molar-refractivity contribution >= 4 is 29.0 Å². The molecule has 2 nitrogen and oxygen atoms in total. The van der Waals surface area contributed by atoms with Gasteiger partial charge in [0.05, 0.1) is 5.02 Å². The molecule has 0 aliphatic heterocycles. The second kappa shape index (κ2) is 6.29. The van der Waals surface area contributed by atoms with Crippen molar-refractivity contribution in [2.75, 3.05) is 0 Å². The van der Waals surface area contributed by atoms with E-state index in [1.807, 2.05) is 25.1 Å². The maximum Gasteiger partial charge on any atom is 0.160 e. The highest BCUT2D eigenvalue weighted by Gasteiger charge is 2.07. The third-order valence-electron chi connectivity index (χ3n) is 2.97. The van der Waals surface area contributed by atoms with Crippen LogP contribution >= 0.6 is 23.2 Å². The molecule has 0 amide bonds. The maximum atomic E-state index is 11.5. The van der Waals surface area contributed by atoms with Crippen LogP contribution in [0.4, 0.5) is 0 Å². The molecule has 0 fully saturated rings. The average Bonchev–Trinajstić information content (AvgIpc) is 2.39. The van der Waals surface area contributed by atoms with Crippen molar-refractivity contribution in [2.24, 2.45) is 0 Å². The van der Waals surface area contributed by atoms with Gasteiger partial charge in [-0.1, -0.05) is 35.3 Å². The molecule has 0 aliphatic rings. The largest absolute Gasteiger partial charge is 0.487 e. The van der Waals surface area contributed by atoms with Crippen molar-refractivity contribution < 1.29 is 9.53 Å². The molecule has 0 aliphatic carbocycles. The van der Waals surface area contributed by atoms with E-state index in [-0.39, 0.29) is 5.78 Å². The van der Waals surface area contributed by atoms with Crippen LogP contribution in [0.25, 0.3) is 0 Å². The lowest BCUT2D eigenvalue weighted by molar-refractivity contribution is 0.101. The summed E-state index contributed by atoms with van der Waals surface area (Å²) in [7, 11) is 0. The number of hydrogen-bond acceptors (Lipinski definition) is 2. The number of aryl methyl sites for hydroxylation is 1. The van der Waals surface area contributed by atoms with Gasteiger partial charge in [0, 0.05) is 10.6 Å². The summed E-state index contributed by atoms with van der Waals surface area (Å²) in [6.45, 7) is 3.82. The number of ketones is 1. The Morgan fingerprint density at radius 1 is 1.15 bits per heavy atom. The summed E-state index contributed by atoms with van der Waals surface area (Å²) >= 11 is 11.9. The van der Waals surface area contributed by atoms with Gasteiger partial charge in [-0.3, -0.25) is 4.79 Å². The average molecular weight is 309 g/mol. The molecule has 20 heavy (non-hydrogen) atoms. The first kappa shape index (κ1) is 14.9. The lowest BCUT2D eigenvalue weighted by Crippen LogP contribution is -2.01. The molecule has 0 bridgehead atoms. The quantitative estimate of drug-likeness (QED) is 0.736. The summed E-state index contributed by atoms with van der Waals surface area (Å²) in [4.78, 5) is 11.5. The standard InChI is InChI=1S/C16H14Cl2O2/c1-10-3-4-12(7-14(10)11(2)19)9-20-16-6-5-13(17)8-15(16)18/h3-8H,9H2,1-2H3. The number of benzene rings is 2. The molecule has 0 heterocycles. The fourth-order valence-electron chi connectivity index (χ4n) is 1.89. The number of halogens is 2. The van der Waals surface area contributed by atoms with Crippen molar-refractivity contribution in [3.8, 4) is 5.75 Å². The number of carbonyl (C=O) groups excluding carboxylic acids is 1. The van der Waals surface area contributed by atoms with E-state index in [2.05, 4.69) is 0 Å². The van der Waals surface area contributed by atoms with E-state index in [4.69, 9.17) is 27.9 Å². The van der Waals surface area contributed by atoms with Crippen LogP contribution < -0.4 is 4.74 Å². The van der Waals surface area contributed by atoms with E-state index < -0.39 is 0 Å². The van der Waals surface area contributed by atoms with Gasteiger partial charge in [0.2, 0.25) is 0 Å². The summed E-state index contributed by atoms with van der Waals surface area (Å²) < 4.78 is 5.65. The Bertz CT molecular complexity index is 651. The predicted octanol–water partition coefficient (Wildman–Crippen LogP) is 5.08. The molecule has 0 aromatic heterocycles. The number of Topliss-reactive ketones (excluding diaryl/α,β-unsaturated/α-hetero) is 1. The van der Waals surface area contributed by atoms with E-state index in [1.165, 1.54) is 0 Å². The Morgan fingerprint density at radius 3 is 2.55 bits per heavy atom. The maximum absolute atomic E-state index is 11.5. The Hall–Kier alpha value is -1.51. The Labute approximate surface area is 128 Å². The SMILES string of the molecule is CC(=O)c1cc(COc2ccc(Cl)cc2Cl)ccc1C. The highest BCUT2D eigenvalue weighted by molar-refractivity contribution is 6.35. The Morgan fingerprint density at radius 2 is 1.90 bits per heavy atom. The molecule has 0 spiro atoms. The molecular weight excluding hydrogens is 295 g/mol. The van der Waals surface area contributed by atoms with Crippen molar-refractivity contribution in [3.05, 3.63) is 63.1 Å². The van der Waals surface area contributed by atoms with Crippen LogP contribution in [0.3, 0.4) is 0 Å². The van der Waals surface area contributed by atoms with Crippen LogP contribution in [-0.4, -0.2) is 5.78 Å². The predicted molar refractivity (Wildman–Crippen MR) is 82.0 cm³/mol. The van der Waals surface area contributed by atoms with E-state index in [9.17, 15) is 4.79 Å². The minimum absolute atomic E-state index is 0.0499. The van der Waals surface area contributed by atoms with Gasteiger partial charge in [0.1, 0.15) is 12.4 Å². The Kier molecular flexibility index (Phi) is 4.69. The third kappa shape index (κ3) is 3.53. The molecule has 4 heteroatoms. The number of ether oxygens (including phenoxy) is 1. The topological polar surface area (TPSA) is 26.3 Å². The summed E-state index contributed by atoms with van der Waals surface area (Å²) in [6.07, 6.45) is 0. The minimum Gasteiger partial charge on any atom is -0.487 e. The molecule has 104 valence electrons. The molecular formula is C16H14Cl2O2. The monoisotopic (exact) mass is 308 g/mol. The van der Waals surface area contributed by atoms with E-state index in [1.54, 1.807) is 25.1 Å². The zero-order valence-electron chi connectivity index (χ0n) is 11.2. The summed E-state index contributed by atoms with van der Waals surface area (Å²) in [6, 6.07) is 10.8. The van der Waals surface area contributed by atoms with Crippen LogP contribution in [0.15, 0.2) is 36.4 Å². The highest BCUT2D eigenvalue weighted by Crippen LogP contribution is 2.28. The number of rotatable bonds is 4.